The largest absolute Gasteiger partial charge is 0.456 e. The quantitative estimate of drug-likeness (QED) is 0.158. The van der Waals surface area contributed by atoms with Crippen LogP contribution in [0.5, 0.6) is 0 Å². The number of hydrogen-bond donors (Lipinski definition) is 0. The molecule has 0 spiro atoms. The van der Waals surface area contributed by atoms with Gasteiger partial charge in [-0.2, -0.15) is 0 Å². The molecular weight excluding hydrogens is 933 g/mol. The van der Waals surface area contributed by atoms with Gasteiger partial charge in [0.1, 0.15) is 44.7 Å². The lowest BCUT2D eigenvalue weighted by Crippen LogP contribution is -1.97. The number of benzene rings is 11. The predicted molar refractivity (Wildman–Crippen MR) is 309 cm³/mol. The molecule has 0 bridgehead atoms. The third kappa shape index (κ3) is 6.96. The van der Waals surface area contributed by atoms with E-state index in [-0.39, 0.29) is 0 Å². The van der Waals surface area contributed by atoms with Crippen LogP contribution in [0.1, 0.15) is 0 Å². The molecule has 0 aliphatic heterocycles. The summed E-state index contributed by atoms with van der Waals surface area (Å²) in [5.74, 6) is 0.627. The van der Waals surface area contributed by atoms with Crippen molar-refractivity contribution in [2.75, 3.05) is 0 Å². The number of hydrogen-bond acceptors (Lipinski definition) is 6. The third-order valence-electron chi connectivity index (χ3n) is 15.1. The monoisotopic (exact) mass is 972 g/mol. The summed E-state index contributed by atoms with van der Waals surface area (Å²) in [6.07, 6.45) is 0. The predicted octanol–water partition coefficient (Wildman–Crippen LogP) is 19.7. The summed E-state index contributed by atoms with van der Waals surface area (Å²) in [7, 11) is 0. The number of furan rings is 4. The van der Waals surface area contributed by atoms with Gasteiger partial charge in [0, 0.05) is 59.8 Å². The molecule has 0 aliphatic carbocycles. The van der Waals surface area contributed by atoms with E-state index < -0.39 is 0 Å². The SMILES string of the molecule is c1ccc(-c2nc(-c3cc(-c4ccc5oc6ccccc6c5c4)cc(-c4ccc5oc6ccccc6c5c4)c3)cc(-c3cc(-c4ccc5oc6ccccc6c5c4)cc(-c4ccc5oc6ccccc6c5c4)c3)n2)cc1. The lowest BCUT2D eigenvalue weighted by atomic mass is 9.92. The summed E-state index contributed by atoms with van der Waals surface area (Å²) in [5, 5.41) is 8.60. The van der Waals surface area contributed by atoms with Gasteiger partial charge in [-0.1, -0.05) is 127 Å². The van der Waals surface area contributed by atoms with Crippen LogP contribution >= 0.6 is 0 Å². The Morgan fingerprint density at radius 3 is 0.789 bits per heavy atom. The number of rotatable bonds is 7. The Morgan fingerprint density at radius 1 is 0.184 bits per heavy atom. The van der Waals surface area contributed by atoms with Gasteiger partial charge < -0.3 is 17.7 Å². The summed E-state index contributed by atoms with van der Waals surface area (Å²) in [6.45, 7) is 0. The lowest BCUT2D eigenvalue weighted by Gasteiger charge is -2.15. The van der Waals surface area contributed by atoms with E-state index in [1.165, 1.54) is 0 Å². The zero-order valence-corrected chi connectivity index (χ0v) is 40.6. The van der Waals surface area contributed by atoms with Crippen LogP contribution in [0.25, 0.3) is 166 Å². The van der Waals surface area contributed by atoms with Gasteiger partial charge in [0.15, 0.2) is 5.82 Å². The fourth-order valence-corrected chi connectivity index (χ4v) is 11.3. The maximum absolute atomic E-state index is 6.31. The molecule has 0 unspecified atom stereocenters. The van der Waals surface area contributed by atoms with Gasteiger partial charge >= 0.3 is 0 Å². The number of fused-ring (bicyclic) bond motifs is 12. The second kappa shape index (κ2) is 16.6. The molecule has 6 heteroatoms. The molecule has 76 heavy (non-hydrogen) atoms. The van der Waals surface area contributed by atoms with Crippen molar-refractivity contribution in [2.24, 2.45) is 0 Å². The Kier molecular flexibility index (Phi) is 9.23. The third-order valence-corrected chi connectivity index (χ3v) is 15.1. The molecular formula is C70H40N2O4. The van der Waals surface area contributed by atoms with Gasteiger partial charge in [0.2, 0.25) is 0 Å². The Morgan fingerprint density at radius 2 is 0.461 bits per heavy atom. The van der Waals surface area contributed by atoms with Gasteiger partial charge in [-0.3, -0.25) is 0 Å². The molecule has 16 aromatic rings. The second-order valence-corrected chi connectivity index (χ2v) is 19.7. The molecule has 16 rings (SSSR count). The first-order valence-corrected chi connectivity index (χ1v) is 25.5. The Bertz CT molecular complexity index is 4460. The Labute approximate surface area is 434 Å². The van der Waals surface area contributed by atoms with Crippen LogP contribution in [-0.4, -0.2) is 9.97 Å². The molecule has 0 aliphatic rings. The molecule has 0 saturated heterocycles. The van der Waals surface area contributed by atoms with Crippen LogP contribution in [0, 0.1) is 0 Å². The minimum absolute atomic E-state index is 0.627. The first kappa shape index (κ1) is 42.2. The van der Waals surface area contributed by atoms with E-state index >= 15 is 0 Å². The van der Waals surface area contributed by atoms with Crippen molar-refractivity contribution in [1.82, 2.24) is 9.97 Å². The standard InChI is InChI=1S/C70H40N2O4/c1-2-12-41(13-3-1)70-71-60(50-32-46(42-22-26-66-56(36-42)52-14-4-8-18-62(52)73-66)30-47(33-50)43-23-27-67-57(37-43)53-15-5-9-19-63(53)74-67)40-61(72-70)51-34-48(44-24-28-68-58(38-44)54-16-6-10-20-64(54)75-68)31-49(35-51)45-25-29-69-59(39-45)55-17-7-11-21-65(55)76-69/h1-40H. The van der Waals surface area contributed by atoms with Crippen LogP contribution < -0.4 is 0 Å². The second-order valence-electron chi connectivity index (χ2n) is 19.7. The van der Waals surface area contributed by atoms with E-state index in [1.807, 2.05) is 66.7 Å². The topological polar surface area (TPSA) is 78.3 Å². The van der Waals surface area contributed by atoms with E-state index in [0.717, 1.165) is 160 Å². The van der Waals surface area contributed by atoms with Crippen LogP contribution in [0.4, 0.5) is 0 Å². The van der Waals surface area contributed by atoms with E-state index in [4.69, 9.17) is 27.6 Å². The lowest BCUT2D eigenvalue weighted by molar-refractivity contribution is 0.668. The zero-order chi connectivity index (χ0) is 49.8. The molecule has 6 nitrogen and oxygen atoms in total. The molecule has 0 N–H and O–H groups in total. The summed E-state index contributed by atoms with van der Waals surface area (Å²) in [4.78, 5) is 10.9. The summed E-state index contributed by atoms with van der Waals surface area (Å²) >= 11 is 0. The Hall–Kier alpha value is -10.3. The van der Waals surface area contributed by atoms with Crippen LogP contribution in [0.3, 0.4) is 0 Å². The van der Waals surface area contributed by atoms with Gasteiger partial charge in [-0.25, -0.2) is 9.97 Å². The van der Waals surface area contributed by atoms with Crippen molar-refractivity contribution in [2.45, 2.75) is 0 Å². The number of aromatic nitrogens is 2. The summed E-state index contributed by atoms with van der Waals surface area (Å²) < 4.78 is 25.2. The first-order chi connectivity index (χ1) is 37.6. The van der Waals surface area contributed by atoms with Crippen molar-refractivity contribution in [3.05, 3.63) is 243 Å². The summed E-state index contributed by atoms with van der Waals surface area (Å²) in [5.41, 5.74) is 19.7. The minimum atomic E-state index is 0.627. The molecule has 0 saturated carbocycles. The van der Waals surface area contributed by atoms with Gasteiger partial charge in [0.25, 0.3) is 0 Å². The highest BCUT2D eigenvalue weighted by molar-refractivity contribution is 6.10. The average Bonchev–Trinajstić information content (AvgIpc) is 4.28. The number of para-hydroxylation sites is 4. The highest BCUT2D eigenvalue weighted by Gasteiger charge is 2.19. The summed E-state index contributed by atoms with van der Waals surface area (Å²) in [6, 6.07) is 84.9. The molecule has 0 amide bonds. The van der Waals surface area contributed by atoms with Crippen LogP contribution in [-0.2, 0) is 0 Å². The molecule has 354 valence electrons. The average molecular weight is 973 g/mol. The van der Waals surface area contributed by atoms with E-state index in [0.29, 0.717) is 5.82 Å². The van der Waals surface area contributed by atoms with Crippen molar-refractivity contribution in [3.8, 4) is 78.4 Å². The minimum Gasteiger partial charge on any atom is -0.456 e. The number of nitrogens with zero attached hydrogens (tertiary/aromatic N) is 2. The van der Waals surface area contributed by atoms with Crippen molar-refractivity contribution >= 4 is 87.8 Å². The maximum Gasteiger partial charge on any atom is 0.160 e. The first-order valence-electron chi connectivity index (χ1n) is 25.5. The van der Waals surface area contributed by atoms with Gasteiger partial charge in [-0.15, -0.1) is 0 Å². The van der Waals surface area contributed by atoms with E-state index in [2.05, 4.69) is 176 Å². The van der Waals surface area contributed by atoms with Crippen molar-refractivity contribution < 1.29 is 17.7 Å². The maximum atomic E-state index is 6.31. The highest BCUT2D eigenvalue weighted by atomic mass is 16.3. The molecule has 5 aromatic heterocycles. The molecule has 0 radical (unpaired) electrons. The van der Waals surface area contributed by atoms with Gasteiger partial charge in [0.05, 0.1) is 11.4 Å². The fourth-order valence-electron chi connectivity index (χ4n) is 11.3. The van der Waals surface area contributed by atoms with E-state index in [9.17, 15) is 0 Å². The van der Waals surface area contributed by atoms with E-state index in [1.54, 1.807) is 0 Å². The smallest absolute Gasteiger partial charge is 0.160 e. The zero-order valence-electron chi connectivity index (χ0n) is 40.6. The van der Waals surface area contributed by atoms with Crippen LogP contribution in [0.15, 0.2) is 260 Å². The van der Waals surface area contributed by atoms with Crippen LogP contribution in [0.2, 0.25) is 0 Å². The normalized spacial score (nSPS) is 11.9. The molecule has 5 heterocycles. The van der Waals surface area contributed by atoms with Crippen molar-refractivity contribution in [1.29, 1.82) is 0 Å². The molecule has 11 aromatic carbocycles. The fraction of sp³-hybridized carbons (Fsp3) is 0. The molecule has 0 atom stereocenters. The molecule has 0 fully saturated rings. The van der Waals surface area contributed by atoms with Gasteiger partial charge in [-0.05, 0) is 160 Å². The van der Waals surface area contributed by atoms with Crippen molar-refractivity contribution in [3.63, 3.8) is 0 Å². The Balaban J connectivity index is 0.925. The highest BCUT2D eigenvalue weighted by Crippen LogP contribution is 2.42.